The Morgan fingerprint density at radius 1 is 0.944 bits per heavy atom. The van der Waals surface area contributed by atoms with E-state index in [9.17, 15) is 23.1 Å². The van der Waals surface area contributed by atoms with Crippen LogP contribution in [0.3, 0.4) is 0 Å². The maximum atomic E-state index is 12.5. The minimum absolute atomic E-state index is 0.115. The Bertz CT molecular complexity index is 1150. The number of para-hydroxylation sites is 1. The predicted molar refractivity (Wildman–Crippen MR) is 130 cm³/mol. The highest BCUT2D eigenvalue weighted by atomic mass is 19.4. The van der Waals surface area contributed by atoms with Gasteiger partial charge in [-0.1, -0.05) is 44.9 Å². The van der Waals surface area contributed by atoms with Crippen molar-refractivity contribution in [3.05, 3.63) is 72.4 Å². The number of halogens is 3. The number of anilines is 2. The number of alkyl halides is 3. The molecule has 2 amide bonds. The first kappa shape index (κ1) is 26.8. The summed E-state index contributed by atoms with van der Waals surface area (Å²) in [5.41, 5.74) is 0.0807. The molecule has 1 aromatic heterocycles. The molecular formula is C26H28F3N3O4. The molecule has 0 aliphatic rings. The zero-order valence-electron chi connectivity index (χ0n) is 19.9. The quantitative estimate of drug-likeness (QED) is 0.272. The van der Waals surface area contributed by atoms with Crippen molar-refractivity contribution in [3.63, 3.8) is 0 Å². The molecule has 10 heteroatoms. The molecule has 0 aliphatic heterocycles. The SMILES string of the molecule is CCCC(O)(CCC)c1ccccc1Oc1ncccc1NC(=O)Nc1ccc(OC(F)(F)F)cc1. The molecule has 0 saturated heterocycles. The third-order valence-corrected chi connectivity index (χ3v) is 5.29. The van der Waals surface area contributed by atoms with Crippen LogP contribution in [0.5, 0.6) is 17.4 Å². The molecule has 0 radical (unpaired) electrons. The number of nitrogens with one attached hydrogen (secondary N) is 2. The molecule has 3 N–H and O–H groups in total. The number of hydrogen-bond acceptors (Lipinski definition) is 5. The topological polar surface area (TPSA) is 92.7 Å². The molecule has 0 saturated carbocycles. The summed E-state index contributed by atoms with van der Waals surface area (Å²) < 4.78 is 46.8. The second-order valence-electron chi connectivity index (χ2n) is 8.14. The molecule has 0 atom stereocenters. The van der Waals surface area contributed by atoms with Gasteiger partial charge in [0.15, 0.2) is 0 Å². The van der Waals surface area contributed by atoms with E-state index in [0.717, 1.165) is 25.0 Å². The van der Waals surface area contributed by atoms with Crippen molar-refractivity contribution in [2.24, 2.45) is 0 Å². The average molecular weight is 504 g/mol. The fraction of sp³-hybridized carbons (Fsp3) is 0.308. The summed E-state index contributed by atoms with van der Waals surface area (Å²) >= 11 is 0. The highest BCUT2D eigenvalue weighted by Gasteiger charge is 2.32. The summed E-state index contributed by atoms with van der Waals surface area (Å²) in [4.78, 5) is 16.8. The van der Waals surface area contributed by atoms with Crippen LogP contribution in [0.4, 0.5) is 29.3 Å². The first-order chi connectivity index (χ1) is 17.1. The third-order valence-electron chi connectivity index (χ3n) is 5.29. The van der Waals surface area contributed by atoms with Crippen LogP contribution in [0.15, 0.2) is 66.9 Å². The molecule has 2 aromatic carbocycles. The summed E-state index contributed by atoms with van der Waals surface area (Å²) in [7, 11) is 0. The maximum absolute atomic E-state index is 12.5. The number of benzene rings is 2. The Morgan fingerprint density at radius 2 is 1.61 bits per heavy atom. The van der Waals surface area contributed by atoms with Crippen molar-refractivity contribution in [1.29, 1.82) is 0 Å². The van der Waals surface area contributed by atoms with E-state index >= 15 is 0 Å². The molecule has 192 valence electrons. The number of amides is 2. The number of rotatable bonds is 10. The minimum atomic E-state index is -4.80. The number of urea groups is 1. The van der Waals surface area contributed by atoms with Crippen LogP contribution in [-0.2, 0) is 5.60 Å². The van der Waals surface area contributed by atoms with E-state index < -0.39 is 23.7 Å². The molecule has 0 spiro atoms. The number of aromatic nitrogens is 1. The van der Waals surface area contributed by atoms with Gasteiger partial charge in [-0.15, -0.1) is 13.2 Å². The van der Waals surface area contributed by atoms with E-state index in [2.05, 4.69) is 20.4 Å². The van der Waals surface area contributed by atoms with Gasteiger partial charge < -0.3 is 25.2 Å². The lowest BCUT2D eigenvalue weighted by molar-refractivity contribution is -0.274. The zero-order valence-corrected chi connectivity index (χ0v) is 19.9. The molecule has 0 aliphatic carbocycles. The summed E-state index contributed by atoms with van der Waals surface area (Å²) in [5, 5.41) is 16.5. The first-order valence-electron chi connectivity index (χ1n) is 11.5. The Kier molecular flexibility index (Phi) is 8.76. The predicted octanol–water partition coefficient (Wildman–Crippen LogP) is 7.20. The maximum Gasteiger partial charge on any atom is 0.573 e. The van der Waals surface area contributed by atoms with Gasteiger partial charge in [0.25, 0.3) is 0 Å². The van der Waals surface area contributed by atoms with Crippen LogP contribution < -0.4 is 20.1 Å². The summed E-state index contributed by atoms with van der Waals surface area (Å²) in [6.07, 6.45) is -0.613. The normalized spacial score (nSPS) is 11.6. The lowest BCUT2D eigenvalue weighted by Crippen LogP contribution is -2.26. The number of pyridine rings is 1. The number of hydrogen-bond donors (Lipinski definition) is 3. The molecule has 36 heavy (non-hydrogen) atoms. The van der Waals surface area contributed by atoms with Gasteiger partial charge in [-0.05, 0) is 55.3 Å². The van der Waals surface area contributed by atoms with Crippen LogP contribution in [0.1, 0.15) is 45.1 Å². The number of nitrogens with zero attached hydrogens (tertiary/aromatic N) is 1. The van der Waals surface area contributed by atoms with Gasteiger partial charge in [-0.3, -0.25) is 0 Å². The van der Waals surface area contributed by atoms with Crippen LogP contribution in [-0.4, -0.2) is 22.5 Å². The summed E-state index contributed by atoms with van der Waals surface area (Å²) in [6, 6.07) is 14.4. The van der Waals surface area contributed by atoms with Crippen molar-refractivity contribution < 1.29 is 32.5 Å². The molecule has 1 heterocycles. The highest BCUT2D eigenvalue weighted by molar-refractivity contribution is 6.00. The van der Waals surface area contributed by atoms with Crippen LogP contribution >= 0.6 is 0 Å². The van der Waals surface area contributed by atoms with Gasteiger partial charge in [-0.25, -0.2) is 9.78 Å². The van der Waals surface area contributed by atoms with E-state index in [1.54, 1.807) is 24.3 Å². The number of ether oxygens (including phenoxy) is 2. The molecule has 3 aromatic rings. The van der Waals surface area contributed by atoms with Gasteiger partial charge in [0.1, 0.15) is 17.2 Å². The largest absolute Gasteiger partial charge is 0.573 e. The Hall–Kier alpha value is -3.79. The molecule has 0 bridgehead atoms. The number of carbonyl (C=O) groups excluding carboxylic acids is 1. The first-order valence-corrected chi connectivity index (χ1v) is 11.5. The monoisotopic (exact) mass is 503 g/mol. The average Bonchev–Trinajstić information content (AvgIpc) is 2.81. The Balaban J connectivity index is 1.76. The fourth-order valence-corrected chi connectivity index (χ4v) is 3.86. The Labute approximate surface area is 207 Å². The minimum Gasteiger partial charge on any atom is -0.437 e. The van der Waals surface area contributed by atoms with Crippen molar-refractivity contribution in [3.8, 4) is 17.4 Å². The highest BCUT2D eigenvalue weighted by Crippen LogP contribution is 2.39. The van der Waals surface area contributed by atoms with Crippen LogP contribution in [0.2, 0.25) is 0 Å². The van der Waals surface area contributed by atoms with E-state index in [0.29, 0.717) is 24.2 Å². The molecule has 7 nitrogen and oxygen atoms in total. The Morgan fingerprint density at radius 3 is 2.25 bits per heavy atom. The van der Waals surface area contributed by atoms with Crippen LogP contribution in [0, 0.1) is 0 Å². The third kappa shape index (κ3) is 7.35. The van der Waals surface area contributed by atoms with Crippen molar-refractivity contribution >= 4 is 17.4 Å². The smallest absolute Gasteiger partial charge is 0.437 e. The molecule has 0 fully saturated rings. The fourth-order valence-electron chi connectivity index (χ4n) is 3.86. The zero-order chi connectivity index (χ0) is 26.2. The second kappa shape index (κ2) is 11.8. The number of aliphatic hydroxyl groups is 1. The van der Waals surface area contributed by atoms with Gasteiger partial charge in [0, 0.05) is 17.4 Å². The van der Waals surface area contributed by atoms with Crippen molar-refractivity contribution in [2.45, 2.75) is 51.5 Å². The van der Waals surface area contributed by atoms with E-state index in [-0.39, 0.29) is 17.3 Å². The molecule has 3 rings (SSSR count). The summed E-state index contributed by atoms with van der Waals surface area (Å²) in [5.74, 6) is 0.134. The standard InChI is InChI=1S/C26H28F3N3O4/c1-3-15-25(34,16-4-2)20-8-5-6-10-22(20)35-23-21(9-7-17-30-23)32-24(33)31-18-11-13-19(14-12-18)36-26(27,28)29/h5-14,17,34H,3-4,15-16H2,1-2H3,(H2,31,32,33). The molecule has 0 unspecified atom stereocenters. The molecular weight excluding hydrogens is 475 g/mol. The van der Waals surface area contributed by atoms with E-state index in [1.807, 2.05) is 26.0 Å². The second-order valence-corrected chi connectivity index (χ2v) is 8.14. The number of carbonyl (C=O) groups is 1. The van der Waals surface area contributed by atoms with E-state index in [1.165, 1.54) is 18.3 Å². The van der Waals surface area contributed by atoms with Crippen molar-refractivity contribution in [1.82, 2.24) is 4.98 Å². The van der Waals surface area contributed by atoms with Crippen molar-refractivity contribution in [2.75, 3.05) is 10.6 Å². The lowest BCUT2D eigenvalue weighted by Gasteiger charge is -2.30. The summed E-state index contributed by atoms with van der Waals surface area (Å²) in [6.45, 7) is 4.00. The van der Waals surface area contributed by atoms with Gasteiger partial charge in [-0.2, -0.15) is 0 Å². The van der Waals surface area contributed by atoms with Gasteiger partial charge in [0.05, 0.1) is 5.60 Å². The van der Waals surface area contributed by atoms with Gasteiger partial charge >= 0.3 is 12.4 Å². The van der Waals surface area contributed by atoms with Crippen LogP contribution in [0.25, 0.3) is 0 Å². The van der Waals surface area contributed by atoms with E-state index in [4.69, 9.17) is 4.74 Å². The lowest BCUT2D eigenvalue weighted by atomic mass is 9.85. The van der Waals surface area contributed by atoms with Gasteiger partial charge in [0.2, 0.25) is 5.88 Å².